The van der Waals surface area contributed by atoms with E-state index in [9.17, 15) is 14.4 Å². The van der Waals surface area contributed by atoms with Crippen molar-refractivity contribution in [3.63, 3.8) is 0 Å². The zero-order valence-electron chi connectivity index (χ0n) is 10.9. The molecule has 0 aromatic rings. The highest BCUT2D eigenvalue weighted by molar-refractivity contribution is 5.83. The van der Waals surface area contributed by atoms with Gasteiger partial charge >= 0.3 is 5.97 Å². The fourth-order valence-corrected chi connectivity index (χ4v) is 2.45. The lowest BCUT2D eigenvalue weighted by Gasteiger charge is -2.35. The zero-order chi connectivity index (χ0) is 14.0. The number of hydrogen-bond donors (Lipinski definition) is 1. The van der Waals surface area contributed by atoms with Gasteiger partial charge in [0.15, 0.2) is 6.10 Å². The predicted molar refractivity (Wildman–Crippen MR) is 64.4 cm³/mol. The SMILES string of the molecule is CC(=O)N1CCN(C(=O)[C@@H]2CC[C@H](C(=O)O)O2)CC1. The Hall–Kier alpha value is -1.63. The van der Waals surface area contributed by atoms with Gasteiger partial charge in [0.25, 0.3) is 5.91 Å². The molecule has 0 saturated carbocycles. The molecule has 0 unspecified atom stereocenters. The van der Waals surface area contributed by atoms with Crippen LogP contribution in [0.2, 0.25) is 0 Å². The molecule has 2 rings (SSSR count). The summed E-state index contributed by atoms with van der Waals surface area (Å²) in [5, 5.41) is 8.82. The molecule has 19 heavy (non-hydrogen) atoms. The average Bonchev–Trinajstić information content (AvgIpc) is 2.87. The van der Waals surface area contributed by atoms with E-state index in [-0.39, 0.29) is 11.8 Å². The van der Waals surface area contributed by atoms with E-state index in [1.54, 1.807) is 9.80 Å². The second-order valence-corrected chi connectivity index (χ2v) is 4.86. The Labute approximate surface area is 111 Å². The van der Waals surface area contributed by atoms with Crippen LogP contribution in [0.25, 0.3) is 0 Å². The van der Waals surface area contributed by atoms with Crippen LogP contribution in [0.15, 0.2) is 0 Å². The van der Waals surface area contributed by atoms with Gasteiger partial charge in [0.2, 0.25) is 5.91 Å². The van der Waals surface area contributed by atoms with Crippen LogP contribution < -0.4 is 0 Å². The Bertz CT molecular complexity index is 390. The van der Waals surface area contributed by atoms with Crippen molar-refractivity contribution in [2.45, 2.75) is 32.0 Å². The van der Waals surface area contributed by atoms with Crippen molar-refractivity contribution >= 4 is 17.8 Å². The summed E-state index contributed by atoms with van der Waals surface area (Å²) in [5.74, 6) is -1.17. The number of carbonyl (C=O) groups excluding carboxylic acids is 2. The topological polar surface area (TPSA) is 87.2 Å². The van der Waals surface area contributed by atoms with E-state index in [1.165, 1.54) is 6.92 Å². The Balaban J connectivity index is 1.85. The molecule has 0 aromatic heterocycles. The molecule has 2 amide bonds. The van der Waals surface area contributed by atoms with E-state index in [0.29, 0.717) is 39.0 Å². The smallest absolute Gasteiger partial charge is 0.332 e. The summed E-state index contributed by atoms with van der Waals surface area (Å²) in [6.45, 7) is 3.52. The minimum absolute atomic E-state index is 0.00940. The monoisotopic (exact) mass is 270 g/mol. The second kappa shape index (κ2) is 5.56. The first kappa shape index (κ1) is 13.8. The number of piperazine rings is 1. The van der Waals surface area contributed by atoms with Crippen LogP contribution in [-0.2, 0) is 19.1 Å². The molecule has 2 aliphatic rings. The van der Waals surface area contributed by atoms with Gasteiger partial charge in [-0.3, -0.25) is 9.59 Å². The third-order valence-electron chi connectivity index (χ3n) is 3.61. The van der Waals surface area contributed by atoms with Crippen molar-refractivity contribution in [2.24, 2.45) is 0 Å². The van der Waals surface area contributed by atoms with Crippen LogP contribution in [-0.4, -0.2) is 71.1 Å². The number of carboxylic acid groups (broad SMARTS) is 1. The molecule has 0 aromatic carbocycles. The summed E-state index contributed by atoms with van der Waals surface area (Å²) in [7, 11) is 0. The van der Waals surface area contributed by atoms with Crippen molar-refractivity contribution in [3.8, 4) is 0 Å². The van der Waals surface area contributed by atoms with E-state index in [1.807, 2.05) is 0 Å². The average molecular weight is 270 g/mol. The second-order valence-electron chi connectivity index (χ2n) is 4.86. The molecule has 2 atom stereocenters. The fourth-order valence-electron chi connectivity index (χ4n) is 2.45. The maximum absolute atomic E-state index is 12.1. The van der Waals surface area contributed by atoms with Gasteiger partial charge in [0.05, 0.1) is 0 Å². The molecule has 0 aliphatic carbocycles. The van der Waals surface area contributed by atoms with Crippen LogP contribution in [0.4, 0.5) is 0 Å². The first-order chi connectivity index (χ1) is 8.99. The van der Waals surface area contributed by atoms with Crippen LogP contribution >= 0.6 is 0 Å². The minimum Gasteiger partial charge on any atom is -0.479 e. The van der Waals surface area contributed by atoms with Gasteiger partial charge < -0.3 is 19.6 Å². The molecule has 1 N–H and O–H groups in total. The maximum atomic E-state index is 12.1. The molecule has 7 heteroatoms. The molecule has 0 bridgehead atoms. The van der Waals surface area contributed by atoms with Crippen molar-refractivity contribution < 1.29 is 24.2 Å². The predicted octanol–water partition coefficient (Wildman–Crippen LogP) is -0.691. The largest absolute Gasteiger partial charge is 0.479 e. The highest BCUT2D eigenvalue weighted by Crippen LogP contribution is 2.22. The molecule has 0 spiro atoms. The maximum Gasteiger partial charge on any atom is 0.332 e. The number of carbonyl (C=O) groups is 3. The van der Waals surface area contributed by atoms with E-state index in [2.05, 4.69) is 0 Å². The lowest BCUT2D eigenvalue weighted by Crippen LogP contribution is -2.52. The summed E-state index contributed by atoms with van der Waals surface area (Å²) in [5.41, 5.74) is 0. The quantitative estimate of drug-likeness (QED) is 0.717. The number of aliphatic carboxylic acids is 1. The van der Waals surface area contributed by atoms with Crippen LogP contribution in [0, 0.1) is 0 Å². The molecular weight excluding hydrogens is 252 g/mol. The Morgan fingerprint density at radius 1 is 1.00 bits per heavy atom. The summed E-state index contributed by atoms with van der Waals surface area (Å²) in [4.78, 5) is 37.4. The van der Waals surface area contributed by atoms with Gasteiger partial charge in [-0.1, -0.05) is 0 Å². The Kier molecular flexibility index (Phi) is 4.04. The van der Waals surface area contributed by atoms with Crippen LogP contribution in [0.5, 0.6) is 0 Å². The van der Waals surface area contributed by atoms with E-state index in [4.69, 9.17) is 9.84 Å². The number of rotatable bonds is 2. The highest BCUT2D eigenvalue weighted by atomic mass is 16.5. The van der Waals surface area contributed by atoms with Gasteiger partial charge in [0.1, 0.15) is 6.10 Å². The first-order valence-corrected chi connectivity index (χ1v) is 6.41. The van der Waals surface area contributed by atoms with Crippen molar-refractivity contribution in [1.29, 1.82) is 0 Å². The van der Waals surface area contributed by atoms with Crippen molar-refractivity contribution in [1.82, 2.24) is 9.80 Å². The van der Waals surface area contributed by atoms with Gasteiger partial charge in [-0.2, -0.15) is 0 Å². The van der Waals surface area contributed by atoms with Gasteiger partial charge in [-0.05, 0) is 12.8 Å². The van der Waals surface area contributed by atoms with Crippen molar-refractivity contribution in [3.05, 3.63) is 0 Å². The molecule has 2 heterocycles. The number of hydrogen-bond acceptors (Lipinski definition) is 4. The Morgan fingerprint density at radius 2 is 1.53 bits per heavy atom. The molecule has 2 fully saturated rings. The summed E-state index contributed by atoms with van der Waals surface area (Å²) in [6.07, 6.45) is -0.695. The molecule has 0 radical (unpaired) electrons. The van der Waals surface area contributed by atoms with Gasteiger partial charge in [0, 0.05) is 33.1 Å². The van der Waals surface area contributed by atoms with Crippen LogP contribution in [0.3, 0.4) is 0 Å². The molecule has 7 nitrogen and oxygen atoms in total. The van der Waals surface area contributed by atoms with Crippen molar-refractivity contribution in [2.75, 3.05) is 26.2 Å². The normalized spacial score (nSPS) is 27.4. The highest BCUT2D eigenvalue weighted by Gasteiger charge is 2.37. The zero-order valence-corrected chi connectivity index (χ0v) is 10.9. The molecule has 2 saturated heterocycles. The van der Waals surface area contributed by atoms with Crippen LogP contribution in [0.1, 0.15) is 19.8 Å². The molecule has 106 valence electrons. The minimum atomic E-state index is -1.02. The third-order valence-corrected chi connectivity index (χ3v) is 3.61. The summed E-state index contributed by atoms with van der Waals surface area (Å²) in [6, 6.07) is 0. The standard InChI is InChI=1S/C12H18N2O5/c1-8(15)13-4-6-14(7-5-13)11(16)9-2-3-10(19-9)12(17)18/h9-10H,2-7H2,1H3,(H,17,18)/t9-,10+/m0/s1. The number of ether oxygens (including phenoxy) is 1. The lowest BCUT2D eigenvalue weighted by atomic mass is 10.1. The lowest BCUT2D eigenvalue weighted by molar-refractivity contribution is -0.156. The number of amides is 2. The van der Waals surface area contributed by atoms with E-state index < -0.39 is 18.2 Å². The molecule has 2 aliphatic heterocycles. The fraction of sp³-hybridized carbons (Fsp3) is 0.750. The number of carboxylic acids is 1. The Morgan fingerprint density at radius 3 is 2.00 bits per heavy atom. The first-order valence-electron chi connectivity index (χ1n) is 6.41. The van der Waals surface area contributed by atoms with Gasteiger partial charge in [-0.15, -0.1) is 0 Å². The van der Waals surface area contributed by atoms with E-state index in [0.717, 1.165) is 0 Å². The summed E-state index contributed by atoms with van der Waals surface area (Å²) < 4.78 is 5.24. The summed E-state index contributed by atoms with van der Waals surface area (Å²) >= 11 is 0. The molecular formula is C12H18N2O5. The van der Waals surface area contributed by atoms with E-state index >= 15 is 0 Å². The third kappa shape index (κ3) is 3.04. The van der Waals surface area contributed by atoms with Gasteiger partial charge in [-0.25, -0.2) is 4.79 Å². The number of nitrogens with zero attached hydrogens (tertiary/aromatic N) is 2.